The van der Waals surface area contributed by atoms with Crippen molar-refractivity contribution in [3.8, 4) is 0 Å². The third kappa shape index (κ3) is 15.7. The van der Waals surface area contributed by atoms with Crippen molar-refractivity contribution in [2.45, 2.75) is 54.4 Å². The molecular formula is C13H29NO2. The van der Waals surface area contributed by atoms with Gasteiger partial charge >= 0.3 is 6.09 Å². The zero-order valence-corrected chi connectivity index (χ0v) is 11.8. The van der Waals surface area contributed by atoms with Crippen molar-refractivity contribution in [1.29, 1.82) is 0 Å². The zero-order chi connectivity index (χ0) is 13.0. The molecule has 0 fully saturated rings. The van der Waals surface area contributed by atoms with E-state index in [-0.39, 0.29) is 6.09 Å². The molecule has 1 amide bonds. The van der Waals surface area contributed by atoms with Crippen LogP contribution in [0, 0.1) is 11.8 Å². The third-order valence-corrected chi connectivity index (χ3v) is 1.78. The average molecular weight is 231 g/mol. The summed E-state index contributed by atoms with van der Waals surface area (Å²) >= 11 is 0. The molecule has 3 nitrogen and oxygen atoms in total. The van der Waals surface area contributed by atoms with Gasteiger partial charge in [0, 0.05) is 6.54 Å². The van der Waals surface area contributed by atoms with Gasteiger partial charge in [-0.15, -0.1) is 0 Å². The van der Waals surface area contributed by atoms with Crippen molar-refractivity contribution < 1.29 is 9.53 Å². The van der Waals surface area contributed by atoms with Crippen molar-refractivity contribution >= 4 is 6.09 Å². The molecule has 0 radical (unpaired) electrons. The molecule has 0 heterocycles. The molecule has 0 aliphatic carbocycles. The zero-order valence-electron chi connectivity index (χ0n) is 11.8. The molecule has 0 bridgehead atoms. The Hall–Kier alpha value is -0.730. The number of amides is 1. The SMILES string of the molecule is CC.CC(C)CCCNC(=O)OCC(C)C. The van der Waals surface area contributed by atoms with Crippen molar-refractivity contribution in [3.63, 3.8) is 0 Å². The van der Waals surface area contributed by atoms with Crippen LogP contribution in [0.2, 0.25) is 0 Å². The van der Waals surface area contributed by atoms with Gasteiger partial charge in [-0.1, -0.05) is 41.5 Å². The van der Waals surface area contributed by atoms with E-state index in [9.17, 15) is 4.79 Å². The fraction of sp³-hybridized carbons (Fsp3) is 0.923. The molecule has 0 aromatic rings. The van der Waals surface area contributed by atoms with Crippen LogP contribution in [-0.4, -0.2) is 19.2 Å². The Bertz CT molecular complexity index is 156. The van der Waals surface area contributed by atoms with Crippen LogP contribution in [0.5, 0.6) is 0 Å². The summed E-state index contributed by atoms with van der Waals surface area (Å²) in [6.07, 6.45) is 1.88. The smallest absolute Gasteiger partial charge is 0.407 e. The predicted molar refractivity (Wildman–Crippen MR) is 69.6 cm³/mol. The fourth-order valence-corrected chi connectivity index (χ4v) is 0.994. The second-order valence-corrected chi connectivity index (χ2v) is 4.46. The summed E-state index contributed by atoms with van der Waals surface area (Å²) in [5, 5.41) is 2.73. The number of rotatable bonds is 6. The van der Waals surface area contributed by atoms with Gasteiger partial charge in [-0.2, -0.15) is 0 Å². The number of alkyl carbamates (subject to hydrolysis) is 1. The van der Waals surface area contributed by atoms with Crippen LogP contribution in [0.3, 0.4) is 0 Å². The lowest BCUT2D eigenvalue weighted by atomic mass is 10.1. The number of carbonyl (C=O) groups is 1. The summed E-state index contributed by atoms with van der Waals surface area (Å²) < 4.78 is 4.96. The first kappa shape index (κ1) is 17.7. The fourth-order valence-electron chi connectivity index (χ4n) is 0.994. The maximum atomic E-state index is 11.1. The maximum Gasteiger partial charge on any atom is 0.407 e. The van der Waals surface area contributed by atoms with Gasteiger partial charge in [-0.25, -0.2) is 4.79 Å². The minimum Gasteiger partial charge on any atom is -0.449 e. The van der Waals surface area contributed by atoms with E-state index in [1.54, 1.807) is 0 Å². The standard InChI is InChI=1S/C11H23NO2.C2H6/c1-9(2)6-5-7-12-11(13)14-8-10(3)4;1-2/h9-10H,5-8H2,1-4H3,(H,12,13);1-2H3. The predicted octanol–water partition coefficient (Wildman–Crippen LogP) is 3.83. The molecule has 0 unspecified atom stereocenters. The van der Waals surface area contributed by atoms with Gasteiger partial charge in [-0.05, 0) is 24.7 Å². The molecule has 0 saturated carbocycles. The lowest BCUT2D eigenvalue weighted by Gasteiger charge is -2.09. The van der Waals surface area contributed by atoms with E-state index < -0.39 is 0 Å². The van der Waals surface area contributed by atoms with Gasteiger partial charge in [-0.3, -0.25) is 0 Å². The summed E-state index contributed by atoms with van der Waals surface area (Å²) in [4.78, 5) is 11.1. The number of hydrogen-bond acceptors (Lipinski definition) is 2. The first-order valence-corrected chi connectivity index (χ1v) is 6.43. The Labute approximate surface area is 101 Å². The molecule has 0 aromatic heterocycles. The van der Waals surface area contributed by atoms with Crippen molar-refractivity contribution in [3.05, 3.63) is 0 Å². The average Bonchev–Trinajstić information content (AvgIpc) is 2.24. The molecule has 0 rings (SSSR count). The number of hydrogen-bond donors (Lipinski definition) is 1. The van der Waals surface area contributed by atoms with Gasteiger partial charge in [0.2, 0.25) is 0 Å². The molecule has 0 saturated heterocycles. The van der Waals surface area contributed by atoms with Gasteiger partial charge in [0.15, 0.2) is 0 Å². The highest BCUT2D eigenvalue weighted by atomic mass is 16.5. The van der Waals surface area contributed by atoms with Gasteiger partial charge in [0.05, 0.1) is 6.61 Å². The Balaban J connectivity index is 0. The van der Waals surface area contributed by atoms with Gasteiger partial charge in [0.25, 0.3) is 0 Å². The van der Waals surface area contributed by atoms with Gasteiger partial charge in [0.1, 0.15) is 0 Å². The number of carbonyl (C=O) groups excluding carboxylic acids is 1. The topological polar surface area (TPSA) is 38.3 Å². The molecule has 16 heavy (non-hydrogen) atoms. The van der Waals surface area contributed by atoms with Gasteiger partial charge < -0.3 is 10.1 Å². The van der Waals surface area contributed by atoms with Crippen LogP contribution >= 0.6 is 0 Å². The summed E-state index contributed by atoms with van der Waals surface area (Å²) in [6.45, 7) is 13.6. The molecule has 0 aromatic carbocycles. The molecule has 3 heteroatoms. The quantitative estimate of drug-likeness (QED) is 0.705. The molecule has 0 atom stereocenters. The van der Waals surface area contributed by atoms with Crippen LogP contribution in [0.15, 0.2) is 0 Å². The molecule has 0 aliphatic rings. The highest BCUT2D eigenvalue weighted by Crippen LogP contribution is 2.01. The first-order chi connectivity index (χ1) is 7.52. The highest BCUT2D eigenvalue weighted by Gasteiger charge is 2.02. The van der Waals surface area contributed by atoms with Crippen LogP contribution in [-0.2, 0) is 4.74 Å². The van der Waals surface area contributed by atoms with Crippen molar-refractivity contribution in [2.24, 2.45) is 11.8 Å². The van der Waals surface area contributed by atoms with E-state index in [0.717, 1.165) is 19.4 Å². The van der Waals surface area contributed by atoms with Crippen LogP contribution in [0.1, 0.15) is 54.4 Å². The van der Waals surface area contributed by atoms with E-state index in [2.05, 4.69) is 19.2 Å². The third-order valence-electron chi connectivity index (χ3n) is 1.78. The largest absolute Gasteiger partial charge is 0.449 e. The van der Waals surface area contributed by atoms with E-state index in [0.29, 0.717) is 18.4 Å². The normalized spacial score (nSPS) is 9.75. The second-order valence-electron chi connectivity index (χ2n) is 4.46. The highest BCUT2D eigenvalue weighted by molar-refractivity contribution is 5.66. The Morgan fingerprint density at radius 3 is 2.12 bits per heavy atom. The van der Waals surface area contributed by atoms with E-state index in [4.69, 9.17) is 4.74 Å². The monoisotopic (exact) mass is 231 g/mol. The molecular weight excluding hydrogens is 202 g/mol. The van der Waals surface area contributed by atoms with E-state index >= 15 is 0 Å². The van der Waals surface area contributed by atoms with Crippen LogP contribution in [0.4, 0.5) is 4.79 Å². The lowest BCUT2D eigenvalue weighted by molar-refractivity contribution is 0.133. The Morgan fingerprint density at radius 1 is 1.12 bits per heavy atom. The van der Waals surface area contributed by atoms with Crippen molar-refractivity contribution in [1.82, 2.24) is 5.32 Å². The van der Waals surface area contributed by atoms with Crippen LogP contribution < -0.4 is 5.32 Å². The first-order valence-electron chi connectivity index (χ1n) is 6.43. The summed E-state index contributed by atoms with van der Waals surface area (Å²) in [7, 11) is 0. The Morgan fingerprint density at radius 2 is 1.69 bits per heavy atom. The van der Waals surface area contributed by atoms with Crippen molar-refractivity contribution in [2.75, 3.05) is 13.2 Å². The number of ether oxygens (including phenoxy) is 1. The van der Waals surface area contributed by atoms with E-state index in [1.807, 2.05) is 27.7 Å². The Kier molecular flexibility index (Phi) is 13.6. The number of nitrogens with one attached hydrogen (secondary N) is 1. The van der Waals surface area contributed by atoms with E-state index in [1.165, 1.54) is 0 Å². The summed E-state index contributed by atoms with van der Waals surface area (Å²) in [5.41, 5.74) is 0. The summed E-state index contributed by atoms with van der Waals surface area (Å²) in [6, 6.07) is 0. The summed E-state index contributed by atoms with van der Waals surface area (Å²) in [5.74, 6) is 1.10. The second kappa shape index (κ2) is 12.3. The minimum atomic E-state index is -0.289. The molecule has 0 spiro atoms. The lowest BCUT2D eigenvalue weighted by Crippen LogP contribution is -2.26. The molecule has 98 valence electrons. The minimum absolute atomic E-state index is 0.289. The maximum absolute atomic E-state index is 11.1. The molecule has 0 aliphatic heterocycles. The molecule has 1 N–H and O–H groups in total. The van der Waals surface area contributed by atoms with Crippen LogP contribution in [0.25, 0.3) is 0 Å².